The number of benzene rings is 1. The fourth-order valence-corrected chi connectivity index (χ4v) is 2.28. The molecule has 0 aliphatic heterocycles. The summed E-state index contributed by atoms with van der Waals surface area (Å²) in [6.45, 7) is 2.15. The van der Waals surface area contributed by atoms with Gasteiger partial charge in [0.15, 0.2) is 0 Å². The Hall–Kier alpha value is -1.26. The van der Waals surface area contributed by atoms with Gasteiger partial charge in [-0.15, -0.1) is 11.8 Å². The summed E-state index contributed by atoms with van der Waals surface area (Å²) in [5.74, 6) is 1.73. The Morgan fingerprint density at radius 1 is 1.29 bits per heavy atom. The smallest absolute Gasteiger partial charge is 0.146 e. The van der Waals surface area contributed by atoms with Crippen LogP contribution in [0.2, 0.25) is 0 Å². The van der Waals surface area contributed by atoms with Crippen molar-refractivity contribution in [2.75, 3.05) is 7.05 Å². The van der Waals surface area contributed by atoms with Crippen molar-refractivity contribution in [2.45, 2.75) is 23.6 Å². The van der Waals surface area contributed by atoms with Crippen molar-refractivity contribution in [1.29, 1.82) is 0 Å². The van der Waals surface area contributed by atoms with Gasteiger partial charge in [0.2, 0.25) is 0 Å². The summed E-state index contributed by atoms with van der Waals surface area (Å²) >= 11 is 1.75. The Morgan fingerprint density at radius 3 is 2.65 bits per heavy atom. The van der Waals surface area contributed by atoms with E-state index >= 15 is 0 Å². The molecule has 0 saturated heterocycles. The Balaban J connectivity index is 1.94. The van der Waals surface area contributed by atoms with E-state index in [1.54, 1.807) is 18.0 Å². The number of rotatable bonds is 5. The van der Waals surface area contributed by atoms with Gasteiger partial charge in [-0.25, -0.2) is 0 Å². The van der Waals surface area contributed by atoms with E-state index in [9.17, 15) is 0 Å². The highest BCUT2D eigenvalue weighted by Crippen LogP contribution is 2.24. The highest BCUT2D eigenvalue weighted by atomic mass is 32.2. The van der Waals surface area contributed by atoms with Crippen LogP contribution in [0.4, 0.5) is 0 Å². The fraction of sp³-hybridized carbons (Fsp3) is 0.308. The number of hydrogen-bond donors (Lipinski definition) is 1. The van der Waals surface area contributed by atoms with E-state index in [1.165, 1.54) is 10.5 Å². The third kappa shape index (κ3) is 3.35. The van der Waals surface area contributed by atoms with E-state index in [-0.39, 0.29) is 0 Å². The van der Waals surface area contributed by atoms with Gasteiger partial charge in [-0.2, -0.15) is 0 Å². The normalized spacial score (nSPS) is 12.6. The summed E-state index contributed by atoms with van der Waals surface area (Å²) < 4.78 is 5.05. The molecule has 0 radical (unpaired) electrons. The van der Waals surface area contributed by atoms with Crippen LogP contribution in [-0.4, -0.2) is 12.2 Å². The van der Waals surface area contributed by atoms with E-state index in [0.29, 0.717) is 6.04 Å². The van der Waals surface area contributed by atoms with Crippen molar-refractivity contribution in [1.82, 2.24) is 10.5 Å². The minimum Gasteiger partial charge on any atom is -0.361 e. The molecule has 0 saturated carbocycles. The molecule has 0 aliphatic carbocycles. The molecule has 0 spiro atoms. The molecule has 2 aromatic rings. The number of hydrogen-bond acceptors (Lipinski definition) is 4. The summed E-state index contributed by atoms with van der Waals surface area (Å²) in [5, 5.41) is 6.91. The average Bonchev–Trinajstić information content (AvgIpc) is 2.89. The van der Waals surface area contributed by atoms with Gasteiger partial charge in [0, 0.05) is 17.0 Å². The van der Waals surface area contributed by atoms with Crippen LogP contribution in [0.5, 0.6) is 0 Å². The zero-order chi connectivity index (χ0) is 12.1. The monoisotopic (exact) mass is 248 g/mol. The van der Waals surface area contributed by atoms with Gasteiger partial charge in [0.05, 0.1) is 11.9 Å². The predicted molar refractivity (Wildman–Crippen MR) is 70.0 cm³/mol. The van der Waals surface area contributed by atoms with Crippen molar-refractivity contribution < 1.29 is 4.52 Å². The molecule has 1 unspecified atom stereocenters. The summed E-state index contributed by atoms with van der Waals surface area (Å²) in [5.41, 5.74) is 1.30. The molecule has 1 aromatic heterocycles. The van der Waals surface area contributed by atoms with Gasteiger partial charge in [0.25, 0.3) is 0 Å². The second-order valence-corrected chi connectivity index (χ2v) is 4.90. The molecule has 0 aliphatic rings. The lowest BCUT2D eigenvalue weighted by atomic mass is 10.1. The zero-order valence-corrected chi connectivity index (χ0v) is 10.8. The molecule has 1 aromatic carbocycles. The second kappa shape index (κ2) is 5.89. The minimum atomic E-state index is 0.392. The minimum absolute atomic E-state index is 0.392. The Morgan fingerprint density at radius 2 is 2.06 bits per heavy atom. The Bertz CT molecular complexity index is 439. The summed E-state index contributed by atoms with van der Waals surface area (Å²) in [6, 6.07) is 10.9. The molecular formula is C13H16N2OS. The largest absolute Gasteiger partial charge is 0.361 e. The molecule has 2 rings (SSSR count). The maximum absolute atomic E-state index is 5.05. The Kier molecular flexibility index (Phi) is 4.23. The molecule has 1 heterocycles. The highest BCUT2D eigenvalue weighted by molar-refractivity contribution is 7.98. The first-order valence-corrected chi connectivity index (χ1v) is 6.57. The topological polar surface area (TPSA) is 38.1 Å². The number of thioether (sulfide) groups is 1. The van der Waals surface area contributed by atoms with Crippen LogP contribution >= 0.6 is 11.8 Å². The molecule has 90 valence electrons. The number of nitrogens with zero attached hydrogens (tertiary/aromatic N) is 1. The first-order valence-electron chi connectivity index (χ1n) is 5.59. The van der Waals surface area contributed by atoms with Crippen molar-refractivity contribution in [3.8, 4) is 0 Å². The van der Waals surface area contributed by atoms with Gasteiger partial charge in [-0.1, -0.05) is 17.3 Å². The lowest BCUT2D eigenvalue weighted by molar-refractivity contribution is 0.395. The van der Waals surface area contributed by atoms with Gasteiger partial charge in [0.1, 0.15) is 5.76 Å². The van der Waals surface area contributed by atoms with E-state index in [1.807, 2.05) is 13.1 Å². The maximum Gasteiger partial charge on any atom is 0.146 e. The van der Waals surface area contributed by atoms with Crippen LogP contribution in [0.25, 0.3) is 0 Å². The van der Waals surface area contributed by atoms with Crippen LogP contribution < -0.4 is 5.32 Å². The first-order chi connectivity index (χ1) is 8.29. The zero-order valence-electron chi connectivity index (χ0n) is 10.0. The number of nitrogens with one attached hydrogen (secondary N) is 1. The van der Waals surface area contributed by atoms with Crippen LogP contribution in [0.15, 0.2) is 45.9 Å². The lowest BCUT2D eigenvalue weighted by Gasteiger charge is -2.10. The van der Waals surface area contributed by atoms with E-state index in [2.05, 4.69) is 41.7 Å². The van der Waals surface area contributed by atoms with Crippen LogP contribution in [0, 0.1) is 0 Å². The van der Waals surface area contributed by atoms with E-state index in [0.717, 1.165) is 11.5 Å². The van der Waals surface area contributed by atoms with Crippen LogP contribution in [-0.2, 0) is 5.75 Å². The van der Waals surface area contributed by atoms with E-state index < -0.39 is 0 Å². The molecule has 0 bridgehead atoms. The molecule has 1 N–H and O–H groups in total. The molecule has 3 nitrogen and oxygen atoms in total. The highest BCUT2D eigenvalue weighted by Gasteiger charge is 2.03. The summed E-state index contributed by atoms with van der Waals surface area (Å²) in [6.07, 6.45) is 1.67. The van der Waals surface area contributed by atoms with Crippen LogP contribution in [0.1, 0.15) is 24.3 Å². The first kappa shape index (κ1) is 12.2. The van der Waals surface area contributed by atoms with Gasteiger partial charge in [-0.05, 0) is 31.7 Å². The van der Waals surface area contributed by atoms with Crippen molar-refractivity contribution >= 4 is 11.8 Å². The summed E-state index contributed by atoms with van der Waals surface area (Å²) in [4.78, 5) is 1.24. The van der Waals surface area contributed by atoms with Gasteiger partial charge >= 0.3 is 0 Å². The third-order valence-electron chi connectivity index (χ3n) is 2.69. The Labute approximate surface area is 106 Å². The standard InChI is InChI=1S/C13H16N2OS/c1-10(14-2)11-3-5-13(6-4-11)17-9-12-7-8-15-16-12/h3-8,10,14H,9H2,1-2H3. The van der Waals surface area contributed by atoms with Crippen molar-refractivity contribution in [3.63, 3.8) is 0 Å². The SMILES string of the molecule is CNC(C)c1ccc(SCc2ccno2)cc1. The van der Waals surface area contributed by atoms with Gasteiger partial charge in [-0.3, -0.25) is 0 Å². The quantitative estimate of drug-likeness (QED) is 0.824. The second-order valence-electron chi connectivity index (χ2n) is 3.85. The van der Waals surface area contributed by atoms with E-state index in [4.69, 9.17) is 4.52 Å². The number of aromatic nitrogens is 1. The van der Waals surface area contributed by atoms with Crippen molar-refractivity contribution in [3.05, 3.63) is 47.9 Å². The molecule has 4 heteroatoms. The molecular weight excluding hydrogens is 232 g/mol. The lowest BCUT2D eigenvalue weighted by Crippen LogP contribution is -2.11. The molecule has 1 atom stereocenters. The van der Waals surface area contributed by atoms with Crippen molar-refractivity contribution in [2.24, 2.45) is 0 Å². The third-order valence-corrected chi connectivity index (χ3v) is 3.72. The summed E-state index contributed by atoms with van der Waals surface area (Å²) in [7, 11) is 1.97. The molecule has 0 amide bonds. The average molecular weight is 248 g/mol. The maximum atomic E-state index is 5.05. The van der Waals surface area contributed by atoms with Crippen LogP contribution in [0.3, 0.4) is 0 Å². The fourth-order valence-electron chi connectivity index (χ4n) is 1.49. The van der Waals surface area contributed by atoms with Gasteiger partial charge < -0.3 is 9.84 Å². The predicted octanol–water partition coefficient (Wildman–Crippen LogP) is 3.25. The molecule has 17 heavy (non-hydrogen) atoms. The molecule has 0 fully saturated rings.